The summed E-state index contributed by atoms with van der Waals surface area (Å²) in [6, 6.07) is 0. The van der Waals surface area contributed by atoms with Crippen LogP contribution in [-0.2, 0) is 14.1 Å². The van der Waals surface area contributed by atoms with Crippen LogP contribution in [0.25, 0.3) is 0 Å². The molecule has 0 N–H and O–H groups in total. The molecular formula is C6H6BrClN2O2. The highest BCUT2D eigenvalue weighted by molar-refractivity contribution is 9.10. The predicted molar refractivity (Wildman–Crippen MR) is 49.6 cm³/mol. The normalized spacial score (nSPS) is 10.3. The molecule has 0 radical (unpaired) electrons. The summed E-state index contributed by atoms with van der Waals surface area (Å²) in [4.78, 5) is 22.4. The third-order valence-corrected chi connectivity index (χ3v) is 2.92. The number of nitrogens with zero attached hydrogens (tertiary/aromatic N) is 2. The van der Waals surface area contributed by atoms with Crippen molar-refractivity contribution in [3.63, 3.8) is 0 Å². The Morgan fingerprint density at radius 1 is 1.17 bits per heavy atom. The zero-order chi connectivity index (χ0) is 9.46. The van der Waals surface area contributed by atoms with Gasteiger partial charge in [-0.25, -0.2) is 9.36 Å². The van der Waals surface area contributed by atoms with Gasteiger partial charge in [-0.1, -0.05) is 11.6 Å². The van der Waals surface area contributed by atoms with Crippen LogP contribution in [0.2, 0.25) is 5.02 Å². The Hall–Kier alpha value is -0.550. The molecule has 1 aromatic heterocycles. The van der Waals surface area contributed by atoms with Crippen LogP contribution in [0.5, 0.6) is 0 Å². The quantitative estimate of drug-likeness (QED) is 0.676. The molecule has 0 amide bonds. The van der Waals surface area contributed by atoms with Crippen LogP contribution in [0, 0.1) is 0 Å². The van der Waals surface area contributed by atoms with E-state index in [4.69, 9.17) is 11.6 Å². The summed E-state index contributed by atoms with van der Waals surface area (Å²) >= 11 is 8.50. The molecule has 0 saturated heterocycles. The van der Waals surface area contributed by atoms with E-state index >= 15 is 0 Å². The number of rotatable bonds is 0. The zero-order valence-corrected chi connectivity index (χ0v) is 8.81. The second-order valence-electron chi connectivity index (χ2n) is 2.29. The van der Waals surface area contributed by atoms with Gasteiger partial charge >= 0.3 is 0 Å². The Morgan fingerprint density at radius 3 is 2.08 bits per heavy atom. The standard InChI is InChI=1S/C6H6BrClN2O2/c1-9-5(11)3(7)4(8)6(12)10(9)2/h1-2H3. The Morgan fingerprint density at radius 2 is 1.58 bits per heavy atom. The van der Waals surface area contributed by atoms with Gasteiger partial charge in [0.05, 0.1) is 0 Å². The molecule has 12 heavy (non-hydrogen) atoms. The van der Waals surface area contributed by atoms with Gasteiger partial charge in [0.15, 0.2) is 0 Å². The summed E-state index contributed by atoms with van der Waals surface area (Å²) in [5.41, 5.74) is -0.729. The van der Waals surface area contributed by atoms with Crippen LogP contribution in [0.3, 0.4) is 0 Å². The molecule has 1 heterocycles. The van der Waals surface area contributed by atoms with Crippen LogP contribution >= 0.6 is 27.5 Å². The number of aromatic nitrogens is 2. The van der Waals surface area contributed by atoms with Crippen molar-refractivity contribution in [2.24, 2.45) is 14.1 Å². The lowest BCUT2D eigenvalue weighted by molar-refractivity contribution is 0.531. The topological polar surface area (TPSA) is 44.0 Å². The first-order valence-corrected chi connectivity index (χ1v) is 4.25. The third-order valence-electron chi connectivity index (χ3n) is 1.61. The molecule has 0 unspecified atom stereocenters. The maximum atomic E-state index is 11.2. The molecule has 0 atom stereocenters. The molecule has 0 aliphatic carbocycles. The second kappa shape index (κ2) is 3.06. The van der Waals surface area contributed by atoms with Crippen molar-refractivity contribution >= 4 is 27.5 Å². The molecule has 4 nitrogen and oxygen atoms in total. The van der Waals surface area contributed by atoms with E-state index in [1.165, 1.54) is 18.8 Å². The fraction of sp³-hybridized carbons (Fsp3) is 0.333. The van der Waals surface area contributed by atoms with E-state index in [0.717, 1.165) is 4.68 Å². The number of halogens is 2. The summed E-state index contributed by atoms with van der Waals surface area (Å²) in [5.74, 6) is 0. The largest absolute Gasteiger partial charge is 0.285 e. The third kappa shape index (κ3) is 1.23. The van der Waals surface area contributed by atoms with Gasteiger partial charge in [-0.3, -0.25) is 9.59 Å². The molecule has 1 rings (SSSR count). The van der Waals surface area contributed by atoms with Crippen LogP contribution in [-0.4, -0.2) is 9.36 Å². The first-order chi connectivity index (χ1) is 5.46. The lowest BCUT2D eigenvalue weighted by Gasteiger charge is -2.06. The predicted octanol–water partition coefficient (Wildman–Crippen LogP) is 0.500. The molecule has 66 valence electrons. The Bertz CT molecular complexity index is 358. The van der Waals surface area contributed by atoms with Crippen molar-refractivity contribution in [2.45, 2.75) is 0 Å². The van der Waals surface area contributed by atoms with Crippen molar-refractivity contribution in [2.75, 3.05) is 0 Å². The van der Waals surface area contributed by atoms with E-state index in [1.807, 2.05) is 0 Å². The van der Waals surface area contributed by atoms with Crippen molar-refractivity contribution in [3.05, 3.63) is 30.2 Å². The van der Waals surface area contributed by atoms with Crippen molar-refractivity contribution in [3.8, 4) is 0 Å². The molecule has 0 fully saturated rings. The maximum absolute atomic E-state index is 11.2. The molecule has 1 aromatic rings. The maximum Gasteiger partial charge on any atom is 0.285 e. The van der Waals surface area contributed by atoms with Gasteiger partial charge in [0.2, 0.25) is 0 Å². The summed E-state index contributed by atoms with van der Waals surface area (Å²) in [5, 5.41) is -0.0828. The van der Waals surface area contributed by atoms with Crippen LogP contribution in [0.1, 0.15) is 0 Å². The molecule has 0 aliphatic rings. The first kappa shape index (κ1) is 9.54. The fourth-order valence-corrected chi connectivity index (χ4v) is 1.37. The Kier molecular flexibility index (Phi) is 2.44. The Labute approximate surface area is 81.5 Å². The highest BCUT2D eigenvalue weighted by Crippen LogP contribution is 2.11. The van der Waals surface area contributed by atoms with Crippen molar-refractivity contribution in [1.29, 1.82) is 0 Å². The Balaban J connectivity index is 3.86. The minimum atomic E-state index is -0.398. The lowest BCUT2D eigenvalue weighted by atomic mass is 10.5. The van der Waals surface area contributed by atoms with Gasteiger partial charge in [-0.15, -0.1) is 0 Å². The van der Waals surface area contributed by atoms with E-state index in [0.29, 0.717) is 0 Å². The van der Waals surface area contributed by atoms with E-state index < -0.39 is 5.56 Å². The van der Waals surface area contributed by atoms with Crippen molar-refractivity contribution in [1.82, 2.24) is 9.36 Å². The highest BCUT2D eigenvalue weighted by atomic mass is 79.9. The zero-order valence-electron chi connectivity index (χ0n) is 6.47. The molecule has 0 aromatic carbocycles. The van der Waals surface area contributed by atoms with Crippen LogP contribution in [0.15, 0.2) is 14.1 Å². The summed E-state index contributed by atoms with van der Waals surface area (Å²) < 4.78 is 2.43. The average Bonchev–Trinajstić information content (AvgIpc) is 2.08. The van der Waals surface area contributed by atoms with E-state index in [2.05, 4.69) is 15.9 Å². The highest BCUT2D eigenvalue weighted by Gasteiger charge is 2.10. The molecule has 0 saturated carbocycles. The van der Waals surface area contributed by atoms with Crippen LogP contribution in [0.4, 0.5) is 0 Å². The lowest BCUT2D eigenvalue weighted by Crippen LogP contribution is -2.35. The van der Waals surface area contributed by atoms with Gasteiger partial charge in [-0.05, 0) is 15.9 Å². The van der Waals surface area contributed by atoms with Gasteiger partial charge in [0, 0.05) is 14.1 Å². The van der Waals surface area contributed by atoms with Gasteiger partial charge in [0.1, 0.15) is 9.50 Å². The fourth-order valence-electron chi connectivity index (χ4n) is 0.744. The SMILES string of the molecule is Cn1c(=O)c(Cl)c(Br)c(=O)n1C. The minimum absolute atomic E-state index is 0.0828. The molecule has 0 aliphatic heterocycles. The smallest absolute Gasteiger partial charge is 0.267 e. The molecule has 6 heteroatoms. The summed E-state index contributed by atoms with van der Waals surface area (Å²) in [7, 11) is 2.97. The monoisotopic (exact) mass is 252 g/mol. The molecular weight excluding hydrogens is 247 g/mol. The van der Waals surface area contributed by atoms with E-state index in [9.17, 15) is 9.59 Å². The van der Waals surface area contributed by atoms with Crippen molar-refractivity contribution < 1.29 is 0 Å². The van der Waals surface area contributed by atoms with Gasteiger partial charge < -0.3 is 0 Å². The first-order valence-electron chi connectivity index (χ1n) is 3.08. The van der Waals surface area contributed by atoms with Crippen LogP contribution < -0.4 is 11.1 Å². The number of hydrogen-bond acceptors (Lipinski definition) is 2. The van der Waals surface area contributed by atoms with Gasteiger partial charge in [-0.2, -0.15) is 0 Å². The number of hydrogen-bond donors (Lipinski definition) is 0. The second-order valence-corrected chi connectivity index (χ2v) is 3.46. The average molecular weight is 253 g/mol. The summed E-state index contributed by atoms with van der Waals surface area (Å²) in [6.45, 7) is 0. The van der Waals surface area contributed by atoms with E-state index in [1.54, 1.807) is 0 Å². The molecule has 0 bridgehead atoms. The summed E-state index contributed by atoms with van der Waals surface area (Å²) in [6.07, 6.45) is 0. The minimum Gasteiger partial charge on any atom is -0.267 e. The molecule has 0 spiro atoms. The van der Waals surface area contributed by atoms with Gasteiger partial charge in [0.25, 0.3) is 11.1 Å². The van der Waals surface area contributed by atoms with E-state index in [-0.39, 0.29) is 15.1 Å².